The first-order chi connectivity index (χ1) is 8.38. The lowest BCUT2D eigenvalue weighted by atomic mass is 10.1. The van der Waals surface area contributed by atoms with Crippen molar-refractivity contribution >= 4 is 5.91 Å². The van der Waals surface area contributed by atoms with Crippen LogP contribution in [0.5, 0.6) is 0 Å². The third kappa shape index (κ3) is 2.64. The van der Waals surface area contributed by atoms with Crippen molar-refractivity contribution in [3.8, 4) is 0 Å². The Morgan fingerprint density at radius 1 is 1.33 bits per heavy atom. The van der Waals surface area contributed by atoms with Crippen LogP contribution in [0.2, 0.25) is 0 Å². The van der Waals surface area contributed by atoms with Gasteiger partial charge in [0.1, 0.15) is 0 Å². The standard InChI is InChI=1S/C12H13F3N2O/c13-12(14,15)10-4-2-1-3-8(10)6-17-7-9(16)5-11(17)18/h1-4,9H,5-7,16H2. The molecule has 1 heterocycles. The van der Waals surface area contributed by atoms with E-state index in [-0.39, 0.29) is 30.5 Å². The third-order valence-corrected chi connectivity index (χ3v) is 2.93. The van der Waals surface area contributed by atoms with Gasteiger partial charge in [-0.2, -0.15) is 13.2 Å². The van der Waals surface area contributed by atoms with Crippen molar-refractivity contribution in [1.29, 1.82) is 0 Å². The molecule has 1 saturated heterocycles. The summed E-state index contributed by atoms with van der Waals surface area (Å²) in [5.41, 5.74) is 5.02. The van der Waals surface area contributed by atoms with E-state index in [1.807, 2.05) is 0 Å². The smallest absolute Gasteiger partial charge is 0.337 e. The number of likely N-dealkylation sites (tertiary alicyclic amines) is 1. The molecule has 0 spiro atoms. The van der Waals surface area contributed by atoms with Crippen molar-refractivity contribution in [2.75, 3.05) is 6.54 Å². The van der Waals surface area contributed by atoms with E-state index in [0.717, 1.165) is 6.07 Å². The van der Waals surface area contributed by atoms with Crippen LogP contribution in [0, 0.1) is 0 Å². The lowest BCUT2D eigenvalue weighted by Gasteiger charge is -2.19. The Morgan fingerprint density at radius 3 is 2.56 bits per heavy atom. The Bertz CT molecular complexity index is 459. The molecule has 0 bridgehead atoms. The summed E-state index contributed by atoms with van der Waals surface area (Å²) >= 11 is 0. The summed E-state index contributed by atoms with van der Waals surface area (Å²) in [5, 5.41) is 0. The fourth-order valence-corrected chi connectivity index (χ4v) is 2.10. The van der Waals surface area contributed by atoms with Crippen molar-refractivity contribution in [2.45, 2.75) is 25.2 Å². The van der Waals surface area contributed by atoms with Crippen LogP contribution in [0.3, 0.4) is 0 Å². The van der Waals surface area contributed by atoms with E-state index >= 15 is 0 Å². The normalized spacial score (nSPS) is 20.6. The first kappa shape index (κ1) is 12.9. The molecule has 98 valence electrons. The van der Waals surface area contributed by atoms with Crippen LogP contribution in [-0.2, 0) is 17.5 Å². The van der Waals surface area contributed by atoms with Gasteiger partial charge in [0.25, 0.3) is 0 Å². The molecule has 1 aromatic rings. The number of carbonyl (C=O) groups excluding carboxylic acids is 1. The maximum absolute atomic E-state index is 12.8. The summed E-state index contributed by atoms with van der Waals surface area (Å²) < 4.78 is 38.3. The highest BCUT2D eigenvalue weighted by Gasteiger charge is 2.34. The van der Waals surface area contributed by atoms with Crippen LogP contribution in [0.15, 0.2) is 24.3 Å². The number of halogens is 3. The summed E-state index contributed by atoms with van der Waals surface area (Å²) in [6.07, 6.45) is -4.20. The molecule has 18 heavy (non-hydrogen) atoms. The molecule has 1 amide bonds. The van der Waals surface area contributed by atoms with Crippen LogP contribution in [-0.4, -0.2) is 23.4 Å². The van der Waals surface area contributed by atoms with E-state index in [9.17, 15) is 18.0 Å². The Hall–Kier alpha value is -1.56. The van der Waals surface area contributed by atoms with Crippen LogP contribution in [0.1, 0.15) is 17.5 Å². The number of carbonyl (C=O) groups is 1. The summed E-state index contributed by atoms with van der Waals surface area (Å²) in [5.74, 6) is -0.195. The first-order valence-corrected chi connectivity index (χ1v) is 5.56. The van der Waals surface area contributed by atoms with E-state index in [0.29, 0.717) is 6.54 Å². The number of alkyl halides is 3. The molecule has 2 rings (SSSR count). The molecule has 1 aromatic carbocycles. The molecule has 2 N–H and O–H groups in total. The molecule has 1 aliphatic rings. The maximum atomic E-state index is 12.8. The van der Waals surface area contributed by atoms with E-state index in [1.54, 1.807) is 0 Å². The van der Waals surface area contributed by atoms with Gasteiger partial charge in [0.2, 0.25) is 5.91 Å². The molecule has 6 heteroatoms. The number of nitrogens with two attached hydrogens (primary N) is 1. The summed E-state index contributed by atoms with van der Waals surface area (Å²) in [4.78, 5) is 12.9. The summed E-state index contributed by atoms with van der Waals surface area (Å²) in [6, 6.07) is 5.00. The van der Waals surface area contributed by atoms with Crippen molar-refractivity contribution in [3.63, 3.8) is 0 Å². The first-order valence-electron chi connectivity index (χ1n) is 5.56. The zero-order valence-electron chi connectivity index (χ0n) is 9.57. The quantitative estimate of drug-likeness (QED) is 0.878. The molecule has 0 saturated carbocycles. The minimum absolute atomic E-state index is 0.0395. The van der Waals surface area contributed by atoms with Crippen LogP contribution >= 0.6 is 0 Å². The van der Waals surface area contributed by atoms with Gasteiger partial charge in [-0.05, 0) is 11.6 Å². The molecule has 3 nitrogen and oxygen atoms in total. The average molecular weight is 258 g/mol. The number of amides is 1. The fourth-order valence-electron chi connectivity index (χ4n) is 2.10. The van der Waals surface area contributed by atoms with Gasteiger partial charge in [0, 0.05) is 25.6 Å². The lowest BCUT2D eigenvalue weighted by Crippen LogP contribution is -2.28. The van der Waals surface area contributed by atoms with Gasteiger partial charge in [-0.15, -0.1) is 0 Å². The SMILES string of the molecule is NC1CC(=O)N(Cc2ccccc2C(F)(F)F)C1. The monoisotopic (exact) mass is 258 g/mol. The van der Waals surface area contributed by atoms with Crippen LogP contribution < -0.4 is 5.73 Å². The van der Waals surface area contributed by atoms with Gasteiger partial charge in [0.15, 0.2) is 0 Å². The molecule has 0 radical (unpaired) electrons. The second kappa shape index (κ2) is 4.61. The molecule has 1 fully saturated rings. The zero-order chi connectivity index (χ0) is 13.3. The molecule has 1 atom stereocenters. The molecular weight excluding hydrogens is 245 g/mol. The molecule has 0 aromatic heterocycles. The molecule has 1 aliphatic heterocycles. The van der Waals surface area contributed by atoms with Crippen molar-refractivity contribution in [2.24, 2.45) is 5.73 Å². The predicted octanol–water partition coefficient (Wildman–Crippen LogP) is 1.76. The number of hydrogen-bond donors (Lipinski definition) is 1. The zero-order valence-corrected chi connectivity index (χ0v) is 9.57. The topological polar surface area (TPSA) is 46.3 Å². The Morgan fingerprint density at radius 2 is 2.00 bits per heavy atom. The van der Waals surface area contributed by atoms with Gasteiger partial charge < -0.3 is 10.6 Å². The van der Waals surface area contributed by atoms with E-state index in [4.69, 9.17) is 5.73 Å². The number of nitrogens with zero attached hydrogens (tertiary/aromatic N) is 1. The summed E-state index contributed by atoms with van der Waals surface area (Å²) in [6.45, 7) is 0.271. The molecule has 1 unspecified atom stereocenters. The van der Waals surface area contributed by atoms with Crippen LogP contribution in [0.25, 0.3) is 0 Å². The van der Waals surface area contributed by atoms with Gasteiger partial charge >= 0.3 is 6.18 Å². The number of benzene rings is 1. The average Bonchev–Trinajstić information content (AvgIpc) is 2.57. The maximum Gasteiger partial charge on any atom is 0.416 e. The van der Waals surface area contributed by atoms with Gasteiger partial charge in [-0.1, -0.05) is 18.2 Å². The Labute approximate surface area is 102 Å². The predicted molar refractivity (Wildman–Crippen MR) is 59.5 cm³/mol. The fraction of sp³-hybridized carbons (Fsp3) is 0.417. The number of hydrogen-bond acceptors (Lipinski definition) is 2. The second-order valence-corrected chi connectivity index (χ2v) is 4.39. The highest BCUT2D eigenvalue weighted by atomic mass is 19.4. The largest absolute Gasteiger partial charge is 0.416 e. The summed E-state index contributed by atoms with van der Waals surface area (Å²) in [7, 11) is 0. The minimum atomic E-state index is -4.40. The van der Waals surface area contributed by atoms with Crippen LogP contribution in [0.4, 0.5) is 13.2 Å². The second-order valence-electron chi connectivity index (χ2n) is 4.39. The van der Waals surface area contributed by atoms with Crippen molar-refractivity contribution < 1.29 is 18.0 Å². The highest BCUT2D eigenvalue weighted by molar-refractivity contribution is 5.79. The van der Waals surface area contributed by atoms with E-state index in [2.05, 4.69) is 0 Å². The van der Waals surface area contributed by atoms with Crippen molar-refractivity contribution in [3.05, 3.63) is 35.4 Å². The highest BCUT2D eigenvalue weighted by Crippen LogP contribution is 2.32. The minimum Gasteiger partial charge on any atom is -0.337 e. The Kier molecular flexibility index (Phi) is 3.30. The molecule has 0 aliphatic carbocycles. The number of rotatable bonds is 2. The molecular formula is C12H13F3N2O. The van der Waals surface area contributed by atoms with E-state index < -0.39 is 11.7 Å². The van der Waals surface area contributed by atoms with Gasteiger partial charge in [0.05, 0.1) is 5.56 Å². The lowest BCUT2D eigenvalue weighted by molar-refractivity contribution is -0.139. The van der Waals surface area contributed by atoms with E-state index in [1.165, 1.54) is 23.1 Å². The van der Waals surface area contributed by atoms with Crippen molar-refractivity contribution in [1.82, 2.24) is 4.90 Å². The van der Waals surface area contributed by atoms with Gasteiger partial charge in [-0.3, -0.25) is 4.79 Å². The third-order valence-electron chi connectivity index (χ3n) is 2.93. The Balaban J connectivity index is 2.22. The van der Waals surface area contributed by atoms with Gasteiger partial charge in [-0.25, -0.2) is 0 Å².